The quantitative estimate of drug-likeness (QED) is 0.587. The summed E-state index contributed by atoms with van der Waals surface area (Å²) in [5.41, 5.74) is -0.643. The first-order chi connectivity index (χ1) is 8.02. The molecule has 94 valence electrons. The summed E-state index contributed by atoms with van der Waals surface area (Å²) >= 11 is 0. The molecule has 1 aromatic heterocycles. The van der Waals surface area contributed by atoms with Gasteiger partial charge in [-0.3, -0.25) is 14.3 Å². The molecule has 0 radical (unpaired) electrons. The maximum atomic E-state index is 11.6. The van der Waals surface area contributed by atoms with Gasteiger partial charge >= 0.3 is 5.69 Å². The van der Waals surface area contributed by atoms with Crippen molar-refractivity contribution in [3.63, 3.8) is 0 Å². The molecule has 2 heterocycles. The molecule has 1 saturated heterocycles. The molecule has 2 rings (SSSR count). The zero-order chi connectivity index (χ0) is 12.6. The van der Waals surface area contributed by atoms with Gasteiger partial charge in [-0.1, -0.05) is 0 Å². The van der Waals surface area contributed by atoms with Gasteiger partial charge in [-0.25, -0.2) is 4.79 Å². The molecule has 1 fully saturated rings. The number of aromatic nitrogens is 2. The molecule has 0 bridgehead atoms. The second-order valence-corrected chi connectivity index (χ2v) is 4.09. The molecule has 3 N–H and O–H groups in total. The van der Waals surface area contributed by atoms with Crippen LogP contribution in [0.4, 0.5) is 0 Å². The number of H-pyrrole nitrogens is 1. The van der Waals surface area contributed by atoms with E-state index in [0.29, 0.717) is 5.56 Å². The van der Waals surface area contributed by atoms with Crippen molar-refractivity contribution in [3.05, 3.63) is 32.6 Å². The lowest BCUT2D eigenvalue weighted by Gasteiger charge is -2.14. The van der Waals surface area contributed by atoms with Crippen molar-refractivity contribution < 1.29 is 14.9 Å². The largest absolute Gasteiger partial charge is 0.394 e. The number of nitrogens with one attached hydrogen (secondary N) is 1. The number of aryl methyl sites for hydroxylation is 1. The lowest BCUT2D eigenvalue weighted by Crippen LogP contribution is -2.33. The molecule has 17 heavy (non-hydrogen) atoms. The summed E-state index contributed by atoms with van der Waals surface area (Å²) in [6.07, 6.45) is -0.581. The summed E-state index contributed by atoms with van der Waals surface area (Å²) in [6.45, 7) is 1.26. The average Bonchev–Trinajstić information content (AvgIpc) is 2.65. The molecule has 0 saturated carbocycles. The van der Waals surface area contributed by atoms with E-state index in [0.717, 1.165) is 0 Å². The third-order valence-electron chi connectivity index (χ3n) is 2.84. The number of ether oxygens (including phenoxy) is 1. The summed E-state index contributed by atoms with van der Waals surface area (Å²) in [5.74, 6) is 0. The number of aliphatic hydroxyl groups excluding tert-OH is 2. The lowest BCUT2D eigenvalue weighted by atomic mass is 10.2. The Morgan fingerprint density at radius 2 is 2.29 bits per heavy atom. The first-order valence-corrected chi connectivity index (χ1v) is 5.29. The Morgan fingerprint density at radius 1 is 1.59 bits per heavy atom. The maximum Gasteiger partial charge on any atom is 0.330 e. The van der Waals surface area contributed by atoms with Crippen molar-refractivity contribution in [2.24, 2.45) is 0 Å². The third kappa shape index (κ3) is 2.17. The number of aromatic amines is 1. The highest BCUT2D eigenvalue weighted by Gasteiger charge is 2.34. The summed E-state index contributed by atoms with van der Waals surface area (Å²) in [6, 6.07) is 0. The molecular formula is C10H14N2O5. The molecule has 3 atom stereocenters. The Hall–Kier alpha value is -1.44. The summed E-state index contributed by atoms with van der Waals surface area (Å²) in [7, 11) is 0. The number of hydrogen-bond donors (Lipinski definition) is 3. The molecular weight excluding hydrogens is 231 g/mol. The van der Waals surface area contributed by atoms with Crippen molar-refractivity contribution in [1.29, 1.82) is 0 Å². The first kappa shape index (κ1) is 12.0. The molecule has 0 aliphatic carbocycles. The van der Waals surface area contributed by atoms with Gasteiger partial charge in [0.2, 0.25) is 0 Å². The predicted octanol–water partition coefficient (Wildman–Crippen LogP) is -1.51. The smallest absolute Gasteiger partial charge is 0.330 e. The van der Waals surface area contributed by atoms with E-state index in [1.54, 1.807) is 6.92 Å². The van der Waals surface area contributed by atoms with E-state index in [1.165, 1.54) is 10.8 Å². The first-order valence-electron chi connectivity index (χ1n) is 5.29. The SMILES string of the molecule is Cc1c[15n]([C@H]2C[C@@H](O)[C@@H](CO)O2)[13c](=O)[15nH]c1=O. The lowest BCUT2D eigenvalue weighted by molar-refractivity contribution is -0.0459. The van der Waals surface area contributed by atoms with Crippen LogP contribution in [-0.4, -0.2) is 38.6 Å². The van der Waals surface area contributed by atoms with Crippen LogP contribution in [0.2, 0.25) is 0 Å². The third-order valence-corrected chi connectivity index (χ3v) is 2.84. The highest BCUT2D eigenvalue weighted by Crippen LogP contribution is 2.27. The average molecular weight is 245 g/mol. The van der Waals surface area contributed by atoms with Crippen LogP contribution in [0.3, 0.4) is 0 Å². The van der Waals surface area contributed by atoms with Crippen molar-refractivity contribution >= 4 is 0 Å². The zero-order valence-corrected chi connectivity index (χ0v) is 9.29. The highest BCUT2D eigenvalue weighted by molar-refractivity contribution is 5.02. The zero-order valence-electron chi connectivity index (χ0n) is 9.29. The van der Waals surface area contributed by atoms with E-state index in [2.05, 4.69) is 4.98 Å². The Kier molecular flexibility index (Phi) is 3.14. The summed E-state index contributed by atoms with van der Waals surface area (Å²) < 4.78 is 6.54. The van der Waals surface area contributed by atoms with Crippen molar-refractivity contribution in [2.75, 3.05) is 6.61 Å². The van der Waals surface area contributed by atoms with Crippen LogP contribution >= 0.6 is 0 Å². The van der Waals surface area contributed by atoms with Gasteiger partial charge < -0.3 is 14.9 Å². The summed E-state index contributed by atoms with van der Waals surface area (Å²) in [4.78, 5) is 24.9. The van der Waals surface area contributed by atoms with Gasteiger partial charge in [0.1, 0.15) is 12.3 Å². The molecule has 7 heteroatoms. The van der Waals surface area contributed by atoms with Crippen LogP contribution in [0, 0.1) is 6.92 Å². The van der Waals surface area contributed by atoms with Gasteiger partial charge in [0, 0.05) is 18.2 Å². The van der Waals surface area contributed by atoms with Crippen molar-refractivity contribution in [2.45, 2.75) is 31.8 Å². The standard InChI is InChI=1S/C10H14N2O5/c1-5-3-12(10(16)11-9(5)15)8-2-6(14)7(4-13)17-8/h3,6-8,13-14H,2,4H2,1H3,(H,11,15,16)/t6-,7-,8-/m1/s1/i10+1,11+1,12+1. The van der Waals surface area contributed by atoms with E-state index < -0.39 is 29.7 Å². The fourth-order valence-electron chi connectivity index (χ4n) is 1.85. The number of nitrogens with zero attached hydrogens (tertiary/aromatic N) is 1. The monoisotopic (exact) mass is 245 g/mol. The van der Waals surface area contributed by atoms with Gasteiger partial charge in [0.15, 0.2) is 0 Å². The van der Waals surface area contributed by atoms with Crippen LogP contribution in [0.5, 0.6) is 0 Å². The van der Waals surface area contributed by atoms with E-state index in [-0.39, 0.29) is 13.0 Å². The minimum atomic E-state index is -0.816. The highest BCUT2D eigenvalue weighted by atomic mass is 16.6. The Labute approximate surface area is 96.3 Å². The molecule has 0 amide bonds. The minimum Gasteiger partial charge on any atom is -0.394 e. The molecule has 7 nitrogen and oxygen atoms in total. The van der Waals surface area contributed by atoms with Crippen molar-refractivity contribution in [3.8, 4) is 0 Å². The minimum absolute atomic E-state index is 0.205. The second kappa shape index (κ2) is 4.44. The van der Waals surface area contributed by atoms with Crippen LogP contribution in [0.25, 0.3) is 0 Å². The van der Waals surface area contributed by atoms with Crippen LogP contribution in [0.15, 0.2) is 15.8 Å². The fraction of sp³-hybridized carbons (Fsp3) is 0.600. The molecule has 1 aromatic rings. The Morgan fingerprint density at radius 3 is 2.88 bits per heavy atom. The number of hydrogen-bond acceptors (Lipinski definition) is 5. The number of aliphatic hydroxyl groups is 2. The Balaban J connectivity index is 2.34. The van der Waals surface area contributed by atoms with E-state index in [1.807, 2.05) is 0 Å². The van der Waals surface area contributed by atoms with Crippen LogP contribution in [-0.2, 0) is 4.74 Å². The van der Waals surface area contributed by atoms with Gasteiger partial charge in [0.05, 0.1) is 12.7 Å². The van der Waals surface area contributed by atoms with Crippen LogP contribution < -0.4 is 11.2 Å². The molecule has 0 spiro atoms. The Bertz CT molecular complexity index is 520. The van der Waals surface area contributed by atoms with Crippen LogP contribution in [0.1, 0.15) is 18.2 Å². The van der Waals surface area contributed by atoms with E-state index in [4.69, 9.17) is 9.84 Å². The topological polar surface area (TPSA) is 105 Å². The molecule has 0 aromatic carbocycles. The van der Waals surface area contributed by atoms with E-state index >= 15 is 0 Å². The second-order valence-electron chi connectivity index (χ2n) is 4.09. The number of rotatable bonds is 2. The van der Waals surface area contributed by atoms with E-state index in [9.17, 15) is 14.7 Å². The van der Waals surface area contributed by atoms with Gasteiger partial charge in [-0.15, -0.1) is 0 Å². The normalized spacial score (nSPS) is 28.5. The fourth-order valence-corrected chi connectivity index (χ4v) is 1.85. The molecule has 0 unspecified atom stereocenters. The van der Waals surface area contributed by atoms with Gasteiger partial charge in [-0.2, -0.15) is 0 Å². The molecule has 1 aliphatic rings. The predicted molar refractivity (Wildman–Crippen MR) is 57.7 cm³/mol. The maximum absolute atomic E-state index is 11.6. The summed E-state index contributed by atoms with van der Waals surface area (Å²) in [5, 5.41) is 18.5. The van der Waals surface area contributed by atoms with Crippen molar-refractivity contribution in [1.82, 2.24) is 9.55 Å². The van der Waals surface area contributed by atoms with Gasteiger partial charge in [0.25, 0.3) is 5.56 Å². The van der Waals surface area contributed by atoms with Gasteiger partial charge in [-0.05, 0) is 6.92 Å². The molecule has 1 aliphatic heterocycles.